The summed E-state index contributed by atoms with van der Waals surface area (Å²) in [6.07, 6.45) is 0. The summed E-state index contributed by atoms with van der Waals surface area (Å²) in [5, 5.41) is 4.78. The van der Waals surface area contributed by atoms with Crippen LogP contribution in [0.3, 0.4) is 0 Å². The standard InChI is InChI=1S/C60H40N2O/c1-2-15-41(16-3-1)45-18-13-20-49(40-45)61(48-37-33-43(34-38-48)51-25-14-26-55-54-24-7-11-30-59(54)63-60(51)55)47-35-31-42(32-36-47)44-17-12-19-46(39-44)50-21-4-8-27-56(50)62-57-28-9-5-22-52(57)53-23-6-10-29-58(53)62/h1-40H. The number of para-hydroxylation sites is 5. The van der Waals surface area contributed by atoms with Crippen LogP contribution in [0.15, 0.2) is 247 Å². The number of benzene rings is 10. The average Bonchev–Trinajstić information content (AvgIpc) is 3.91. The predicted molar refractivity (Wildman–Crippen MR) is 264 cm³/mol. The summed E-state index contributed by atoms with van der Waals surface area (Å²) in [5.74, 6) is 0. The van der Waals surface area contributed by atoms with Gasteiger partial charge in [-0.05, 0) is 100 Å². The molecule has 0 N–H and O–H groups in total. The number of furan rings is 1. The highest BCUT2D eigenvalue weighted by molar-refractivity contribution is 6.10. The smallest absolute Gasteiger partial charge is 0.143 e. The molecule has 12 aromatic rings. The van der Waals surface area contributed by atoms with Crippen LogP contribution in [0.5, 0.6) is 0 Å². The SMILES string of the molecule is c1ccc(-c2cccc(N(c3ccc(-c4cccc(-c5ccccc5-n5c6ccccc6c6ccccc65)c4)cc3)c3ccc(-c4cccc5c4oc4ccccc45)cc3)c2)cc1. The Morgan fingerprint density at radius 3 is 1.56 bits per heavy atom. The van der Waals surface area contributed by atoms with Gasteiger partial charge in [0.25, 0.3) is 0 Å². The summed E-state index contributed by atoms with van der Waals surface area (Å²) in [6.45, 7) is 0. The van der Waals surface area contributed by atoms with Gasteiger partial charge < -0.3 is 13.9 Å². The monoisotopic (exact) mass is 804 g/mol. The van der Waals surface area contributed by atoms with Crippen molar-refractivity contribution >= 4 is 60.8 Å². The van der Waals surface area contributed by atoms with Crippen molar-refractivity contribution in [3.8, 4) is 50.2 Å². The zero-order valence-electron chi connectivity index (χ0n) is 34.4. The van der Waals surface area contributed by atoms with Crippen molar-refractivity contribution in [3.05, 3.63) is 243 Å². The molecule has 0 unspecified atom stereocenters. The molecular weight excluding hydrogens is 765 g/mol. The minimum Gasteiger partial charge on any atom is -0.455 e. The molecule has 0 aliphatic rings. The summed E-state index contributed by atoms with van der Waals surface area (Å²) >= 11 is 0. The van der Waals surface area contributed by atoms with E-state index >= 15 is 0 Å². The zero-order chi connectivity index (χ0) is 41.7. The molecule has 0 bridgehead atoms. The first kappa shape index (κ1) is 36.5. The second-order valence-corrected chi connectivity index (χ2v) is 16.1. The fraction of sp³-hybridized carbons (Fsp3) is 0. The fourth-order valence-corrected chi connectivity index (χ4v) is 9.43. The molecule has 10 aromatic carbocycles. The predicted octanol–water partition coefficient (Wildman–Crippen LogP) is 16.8. The largest absolute Gasteiger partial charge is 0.455 e. The maximum absolute atomic E-state index is 6.43. The normalized spacial score (nSPS) is 11.5. The average molecular weight is 805 g/mol. The molecule has 0 spiro atoms. The molecule has 0 amide bonds. The van der Waals surface area contributed by atoms with Crippen LogP contribution in [0.1, 0.15) is 0 Å². The Balaban J connectivity index is 0.924. The molecule has 0 aliphatic heterocycles. The summed E-state index contributed by atoms with van der Waals surface area (Å²) in [5.41, 5.74) is 17.8. The van der Waals surface area contributed by atoms with E-state index in [9.17, 15) is 0 Å². The van der Waals surface area contributed by atoms with E-state index in [0.717, 1.165) is 66.9 Å². The molecule has 12 rings (SSSR count). The van der Waals surface area contributed by atoms with Crippen molar-refractivity contribution in [2.45, 2.75) is 0 Å². The Labute approximate surface area is 366 Å². The van der Waals surface area contributed by atoms with E-state index in [1.54, 1.807) is 0 Å². The Kier molecular flexibility index (Phi) is 8.83. The number of nitrogens with zero attached hydrogens (tertiary/aromatic N) is 2. The van der Waals surface area contributed by atoms with Crippen LogP contribution in [0.2, 0.25) is 0 Å². The molecule has 2 heterocycles. The van der Waals surface area contributed by atoms with E-state index < -0.39 is 0 Å². The zero-order valence-corrected chi connectivity index (χ0v) is 34.4. The van der Waals surface area contributed by atoms with E-state index in [1.807, 2.05) is 12.1 Å². The maximum atomic E-state index is 6.43. The van der Waals surface area contributed by atoms with E-state index in [1.165, 1.54) is 44.1 Å². The van der Waals surface area contributed by atoms with E-state index in [2.05, 4.69) is 240 Å². The van der Waals surface area contributed by atoms with Crippen LogP contribution < -0.4 is 4.90 Å². The summed E-state index contributed by atoms with van der Waals surface area (Å²) in [6, 6.07) is 87.0. The van der Waals surface area contributed by atoms with Gasteiger partial charge in [-0.1, -0.05) is 176 Å². The molecule has 0 atom stereocenters. The minimum atomic E-state index is 0.903. The van der Waals surface area contributed by atoms with Crippen LogP contribution in [0.4, 0.5) is 17.1 Å². The quantitative estimate of drug-likeness (QED) is 0.153. The van der Waals surface area contributed by atoms with Crippen molar-refractivity contribution in [2.24, 2.45) is 0 Å². The second kappa shape index (κ2) is 15.3. The first-order valence-electron chi connectivity index (χ1n) is 21.5. The first-order chi connectivity index (χ1) is 31.2. The third kappa shape index (κ3) is 6.38. The van der Waals surface area contributed by atoms with E-state index in [-0.39, 0.29) is 0 Å². The van der Waals surface area contributed by atoms with Crippen LogP contribution >= 0.6 is 0 Å². The van der Waals surface area contributed by atoms with Gasteiger partial charge in [0, 0.05) is 49.7 Å². The lowest BCUT2D eigenvalue weighted by Crippen LogP contribution is -2.10. The summed E-state index contributed by atoms with van der Waals surface area (Å²) in [4.78, 5) is 2.35. The molecule has 0 saturated carbocycles. The van der Waals surface area contributed by atoms with Gasteiger partial charge in [-0.25, -0.2) is 0 Å². The molecule has 0 saturated heterocycles. The van der Waals surface area contributed by atoms with Crippen molar-refractivity contribution in [2.75, 3.05) is 4.90 Å². The van der Waals surface area contributed by atoms with Crippen molar-refractivity contribution in [1.82, 2.24) is 4.57 Å². The van der Waals surface area contributed by atoms with Gasteiger partial charge in [0.05, 0.1) is 16.7 Å². The molecule has 0 aliphatic carbocycles. The van der Waals surface area contributed by atoms with Gasteiger partial charge in [0.1, 0.15) is 11.2 Å². The Bertz CT molecular complexity index is 3560. The molecular formula is C60H40N2O. The molecule has 296 valence electrons. The molecule has 0 fully saturated rings. The molecule has 3 heteroatoms. The minimum absolute atomic E-state index is 0.903. The Morgan fingerprint density at radius 2 is 0.810 bits per heavy atom. The van der Waals surface area contributed by atoms with Gasteiger partial charge in [-0.3, -0.25) is 0 Å². The highest BCUT2D eigenvalue weighted by Crippen LogP contribution is 2.42. The number of rotatable bonds is 8. The molecule has 0 radical (unpaired) electrons. The van der Waals surface area contributed by atoms with E-state index in [4.69, 9.17) is 4.42 Å². The summed E-state index contributed by atoms with van der Waals surface area (Å²) in [7, 11) is 0. The maximum Gasteiger partial charge on any atom is 0.143 e. The van der Waals surface area contributed by atoms with Crippen LogP contribution in [0.25, 0.3) is 93.9 Å². The van der Waals surface area contributed by atoms with Gasteiger partial charge in [0.2, 0.25) is 0 Å². The van der Waals surface area contributed by atoms with Crippen molar-refractivity contribution in [3.63, 3.8) is 0 Å². The number of anilines is 3. The van der Waals surface area contributed by atoms with Crippen LogP contribution in [-0.2, 0) is 0 Å². The van der Waals surface area contributed by atoms with Gasteiger partial charge in [-0.2, -0.15) is 0 Å². The van der Waals surface area contributed by atoms with Crippen LogP contribution in [-0.4, -0.2) is 4.57 Å². The number of aromatic nitrogens is 1. The molecule has 63 heavy (non-hydrogen) atoms. The topological polar surface area (TPSA) is 21.3 Å². The Morgan fingerprint density at radius 1 is 0.302 bits per heavy atom. The second-order valence-electron chi connectivity index (χ2n) is 16.1. The van der Waals surface area contributed by atoms with Crippen LogP contribution in [0, 0.1) is 0 Å². The van der Waals surface area contributed by atoms with Gasteiger partial charge >= 0.3 is 0 Å². The number of hydrogen-bond acceptors (Lipinski definition) is 2. The third-order valence-corrected chi connectivity index (χ3v) is 12.4. The Hall–Kier alpha value is -8.40. The summed E-state index contributed by atoms with van der Waals surface area (Å²) < 4.78 is 8.84. The van der Waals surface area contributed by atoms with Crippen molar-refractivity contribution < 1.29 is 4.42 Å². The third-order valence-electron chi connectivity index (χ3n) is 12.4. The molecule has 2 aromatic heterocycles. The van der Waals surface area contributed by atoms with E-state index in [0.29, 0.717) is 0 Å². The lowest BCUT2D eigenvalue weighted by Gasteiger charge is -2.26. The molecule has 3 nitrogen and oxygen atoms in total. The lowest BCUT2D eigenvalue weighted by atomic mass is 9.97. The van der Waals surface area contributed by atoms with Gasteiger partial charge in [0.15, 0.2) is 0 Å². The number of hydrogen-bond donors (Lipinski definition) is 0. The highest BCUT2D eigenvalue weighted by atomic mass is 16.3. The van der Waals surface area contributed by atoms with Gasteiger partial charge in [-0.15, -0.1) is 0 Å². The number of fused-ring (bicyclic) bond motifs is 6. The highest BCUT2D eigenvalue weighted by Gasteiger charge is 2.18. The first-order valence-corrected chi connectivity index (χ1v) is 21.5. The fourth-order valence-electron chi connectivity index (χ4n) is 9.43. The van der Waals surface area contributed by atoms with Crippen molar-refractivity contribution in [1.29, 1.82) is 0 Å². The lowest BCUT2D eigenvalue weighted by molar-refractivity contribution is 0.670.